The van der Waals surface area contributed by atoms with Crippen molar-refractivity contribution in [2.24, 2.45) is 0 Å². The Balaban J connectivity index is 1.87. The fourth-order valence-electron chi connectivity index (χ4n) is 3.79. The second kappa shape index (κ2) is 9.57. The van der Waals surface area contributed by atoms with Gasteiger partial charge in [-0.15, -0.1) is 0 Å². The Morgan fingerprint density at radius 1 is 0.848 bits per heavy atom. The summed E-state index contributed by atoms with van der Waals surface area (Å²) in [5, 5.41) is 3.01. The molecule has 0 bridgehead atoms. The Kier molecular flexibility index (Phi) is 7.20. The van der Waals surface area contributed by atoms with Crippen LogP contribution in [0.1, 0.15) is 56.7 Å². The molecule has 0 radical (unpaired) electrons. The Bertz CT molecular complexity index is 1330. The summed E-state index contributed by atoms with van der Waals surface area (Å²) >= 11 is 6.22. The van der Waals surface area contributed by atoms with E-state index in [9.17, 15) is 13.2 Å². The molecule has 3 rings (SSSR count). The highest BCUT2D eigenvalue weighted by molar-refractivity contribution is 7.92. The van der Waals surface area contributed by atoms with Crippen molar-refractivity contribution in [1.82, 2.24) is 5.32 Å². The number of hydrogen-bond acceptors (Lipinski definition) is 3. The lowest BCUT2D eigenvalue weighted by molar-refractivity contribution is 0.0939. The molecule has 0 spiro atoms. The molecule has 1 amide bonds. The first-order valence-corrected chi connectivity index (χ1v) is 12.5. The molecule has 0 aromatic heterocycles. The van der Waals surface area contributed by atoms with Gasteiger partial charge in [-0.1, -0.05) is 41.4 Å². The molecule has 7 heteroatoms. The molecule has 33 heavy (non-hydrogen) atoms. The second-order valence-electron chi connectivity index (χ2n) is 8.56. The van der Waals surface area contributed by atoms with Gasteiger partial charge in [0.05, 0.1) is 16.8 Å². The predicted octanol–water partition coefficient (Wildman–Crippen LogP) is 6.17. The van der Waals surface area contributed by atoms with Gasteiger partial charge in [-0.2, -0.15) is 0 Å². The van der Waals surface area contributed by atoms with E-state index in [1.54, 1.807) is 6.07 Å². The fourth-order valence-corrected chi connectivity index (χ4v) is 5.44. The zero-order valence-corrected chi connectivity index (χ0v) is 21.3. The average molecular weight is 485 g/mol. The first-order chi connectivity index (χ1) is 15.4. The van der Waals surface area contributed by atoms with Crippen molar-refractivity contribution in [3.63, 3.8) is 0 Å². The summed E-state index contributed by atoms with van der Waals surface area (Å²) in [5.74, 6) is -0.375. The molecule has 0 aliphatic rings. The standard InChI is InChI=1S/C26H29ClN2O3S/c1-15-7-10-24(19(5)11-15)29-33(31,32)25-14-21(8-9-23(25)27)26(30)28-20(6)22-13-17(3)16(2)12-18(22)4/h7-14,20,29H,1-6H3,(H,28,30)/t20-/m1/s1. The van der Waals surface area contributed by atoms with Gasteiger partial charge < -0.3 is 5.32 Å². The molecule has 174 valence electrons. The summed E-state index contributed by atoms with van der Waals surface area (Å²) < 4.78 is 28.7. The van der Waals surface area contributed by atoms with Crippen LogP contribution in [0, 0.1) is 34.6 Å². The molecule has 0 heterocycles. The minimum Gasteiger partial charge on any atom is -0.346 e. The third-order valence-electron chi connectivity index (χ3n) is 5.81. The maximum Gasteiger partial charge on any atom is 0.263 e. The lowest BCUT2D eigenvalue weighted by atomic mass is 9.96. The number of rotatable bonds is 6. The van der Waals surface area contributed by atoms with E-state index < -0.39 is 10.0 Å². The van der Waals surface area contributed by atoms with E-state index in [2.05, 4.69) is 29.1 Å². The average Bonchev–Trinajstić information content (AvgIpc) is 2.72. The third-order valence-corrected chi connectivity index (χ3v) is 7.65. The van der Waals surface area contributed by atoms with E-state index in [-0.39, 0.29) is 27.4 Å². The van der Waals surface area contributed by atoms with Gasteiger partial charge in [-0.05, 0) is 93.6 Å². The van der Waals surface area contributed by atoms with Crippen LogP contribution in [0.15, 0.2) is 53.4 Å². The lowest BCUT2D eigenvalue weighted by Gasteiger charge is -2.19. The third kappa shape index (κ3) is 5.57. The molecule has 0 aliphatic carbocycles. The maximum absolute atomic E-state index is 13.1. The van der Waals surface area contributed by atoms with E-state index in [4.69, 9.17) is 11.6 Å². The summed E-state index contributed by atoms with van der Waals surface area (Å²) in [4.78, 5) is 12.8. The lowest BCUT2D eigenvalue weighted by Crippen LogP contribution is -2.27. The van der Waals surface area contributed by atoms with Crippen LogP contribution < -0.4 is 10.0 Å². The molecular weight excluding hydrogens is 456 g/mol. The molecule has 3 aromatic rings. The smallest absolute Gasteiger partial charge is 0.263 e. The highest BCUT2D eigenvalue weighted by atomic mass is 35.5. The van der Waals surface area contributed by atoms with Gasteiger partial charge in [0.2, 0.25) is 0 Å². The molecule has 0 aliphatic heterocycles. The quantitative estimate of drug-likeness (QED) is 0.439. The minimum atomic E-state index is -4.00. The summed E-state index contributed by atoms with van der Waals surface area (Å²) in [6.07, 6.45) is 0. The van der Waals surface area contributed by atoms with Crippen molar-refractivity contribution in [2.75, 3.05) is 4.72 Å². The van der Waals surface area contributed by atoms with Crippen molar-refractivity contribution < 1.29 is 13.2 Å². The van der Waals surface area contributed by atoms with Crippen LogP contribution >= 0.6 is 11.6 Å². The van der Waals surface area contributed by atoms with E-state index >= 15 is 0 Å². The number of anilines is 1. The molecule has 0 fully saturated rings. The van der Waals surface area contributed by atoms with Gasteiger partial charge in [0.1, 0.15) is 4.90 Å². The maximum atomic E-state index is 13.1. The van der Waals surface area contributed by atoms with E-state index in [1.807, 2.05) is 46.8 Å². The number of nitrogens with one attached hydrogen (secondary N) is 2. The predicted molar refractivity (Wildman–Crippen MR) is 135 cm³/mol. The molecule has 0 saturated heterocycles. The number of carbonyl (C=O) groups is 1. The number of halogens is 1. The van der Waals surface area contributed by atoms with Crippen molar-refractivity contribution in [3.05, 3.63) is 92.5 Å². The number of hydrogen-bond donors (Lipinski definition) is 2. The zero-order chi connectivity index (χ0) is 24.5. The SMILES string of the molecule is Cc1ccc(NS(=O)(=O)c2cc(C(=O)N[C@H](C)c3cc(C)c(C)cc3C)ccc2Cl)c(C)c1. The molecule has 1 atom stereocenters. The summed E-state index contributed by atoms with van der Waals surface area (Å²) in [5.41, 5.74) is 6.95. The van der Waals surface area contributed by atoms with Crippen molar-refractivity contribution in [3.8, 4) is 0 Å². The van der Waals surface area contributed by atoms with Crippen molar-refractivity contribution in [2.45, 2.75) is 52.5 Å². The Morgan fingerprint density at radius 3 is 2.18 bits per heavy atom. The Labute approximate surface area is 201 Å². The van der Waals surface area contributed by atoms with Gasteiger partial charge in [0, 0.05) is 5.56 Å². The molecule has 2 N–H and O–H groups in total. The van der Waals surface area contributed by atoms with Crippen LogP contribution in [-0.2, 0) is 10.0 Å². The monoisotopic (exact) mass is 484 g/mol. The van der Waals surface area contributed by atoms with Gasteiger partial charge in [-0.25, -0.2) is 8.42 Å². The number of sulfonamides is 1. The second-order valence-corrected chi connectivity index (χ2v) is 10.6. The summed E-state index contributed by atoms with van der Waals surface area (Å²) in [6.45, 7) is 11.8. The summed E-state index contributed by atoms with van der Waals surface area (Å²) in [6, 6.07) is 13.6. The fraction of sp³-hybridized carbons (Fsp3) is 0.269. The van der Waals surface area contributed by atoms with E-state index in [0.29, 0.717) is 5.69 Å². The molecule has 3 aromatic carbocycles. The van der Waals surface area contributed by atoms with Crippen LogP contribution in [0.3, 0.4) is 0 Å². The highest BCUT2D eigenvalue weighted by Gasteiger charge is 2.22. The topological polar surface area (TPSA) is 75.3 Å². The highest BCUT2D eigenvalue weighted by Crippen LogP contribution is 2.27. The van der Waals surface area contributed by atoms with Crippen LogP contribution in [0.25, 0.3) is 0 Å². The van der Waals surface area contributed by atoms with Crippen molar-refractivity contribution in [1.29, 1.82) is 0 Å². The molecule has 0 unspecified atom stereocenters. The first-order valence-electron chi connectivity index (χ1n) is 10.7. The van der Waals surface area contributed by atoms with E-state index in [0.717, 1.165) is 27.8 Å². The number of benzene rings is 3. The normalized spacial score (nSPS) is 12.3. The van der Waals surface area contributed by atoms with Gasteiger partial charge in [-0.3, -0.25) is 9.52 Å². The van der Waals surface area contributed by atoms with Crippen molar-refractivity contribution >= 4 is 33.2 Å². The van der Waals surface area contributed by atoms with Crippen LogP contribution in [0.2, 0.25) is 5.02 Å². The number of carbonyl (C=O) groups excluding carboxylic acids is 1. The largest absolute Gasteiger partial charge is 0.346 e. The van der Waals surface area contributed by atoms with Crippen LogP contribution in [0.4, 0.5) is 5.69 Å². The van der Waals surface area contributed by atoms with Crippen LogP contribution in [0.5, 0.6) is 0 Å². The Hall–Kier alpha value is -2.83. The summed E-state index contributed by atoms with van der Waals surface area (Å²) in [7, 11) is -4.00. The van der Waals surface area contributed by atoms with Gasteiger partial charge >= 0.3 is 0 Å². The molecule has 5 nitrogen and oxygen atoms in total. The first kappa shape index (κ1) is 24.8. The number of aryl methyl sites for hydroxylation is 5. The molecule has 0 saturated carbocycles. The van der Waals surface area contributed by atoms with Crippen LogP contribution in [-0.4, -0.2) is 14.3 Å². The zero-order valence-electron chi connectivity index (χ0n) is 19.7. The van der Waals surface area contributed by atoms with Gasteiger partial charge in [0.25, 0.3) is 15.9 Å². The van der Waals surface area contributed by atoms with Gasteiger partial charge in [0.15, 0.2) is 0 Å². The minimum absolute atomic E-state index is 0.0434. The number of amides is 1. The van der Waals surface area contributed by atoms with E-state index in [1.165, 1.54) is 23.8 Å². The molecular formula is C26H29ClN2O3S. The Morgan fingerprint density at radius 2 is 1.52 bits per heavy atom.